The lowest BCUT2D eigenvalue weighted by Crippen LogP contribution is -2.66. The van der Waals surface area contributed by atoms with Gasteiger partial charge in [-0.1, -0.05) is 18.2 Å². The normalized spacial score (nSPS) is 23.5. The van der Waals surface area contributed by atoms with Crippen molar-refractivity contribution in [2.75, 3.05) is 26.2 Å². The van der Waals surface area contributed by atoms with Gasteiger partial charge in [0.2, 0.25) is 5.78 Å². The summed E-state index contributed by atoms with van der Waals surface area (Å²) in [5.74, 6) is -4.90. The Morgan fingerprint density at radius 1 is 1.00 bits per heavy atom. The van der Waals surface area contributed by atoms with Crippen LogP contribution in [0.1, 0.15) is 39.7 Å². The summed E-state index contributed by atoms with van der Waals surface area (Å²) in [6, 6.07) is 9.18. The van der Waals surface area contributed by atoms with Crippen molar-refractivity contribution in [2.24, 2.45) is 5.92 Å². The number of alkyl carbamates (subject to hydrolysis) is 1. The molecular weight excluding hydrogens is 508 g/mol. The number of quaternary nitrogens is 1. The molecule has 1 N–H and O–H groups in total. The van der Waals surface area contributed by atoms with E-state index in [1.54, 1.807) is 6.07 Å². The molecule has 1 aromatic heterocycles. The van der Waals surface area contributed by atoms with Gasteiger partial charge in [0, 0.05) is 18.8 Å². The zero-order chi connectivity index (χ0) is 26.2. The molecular formula is C27H25F4N2O3S+. The quantitative estimate of drug-likeness (QED) is 0.186. The van der Waals surface area contributed by atoms with Crippen molar-refractivity contribution < 1.29 is 36.4 Å². The molecule has 0 saturated carbocycles. The van der Waals surface area contributed by atoms with Gasteiger partial charge in [-0.3, -0.25) is 4.79 Å². The van der Waals surface area contributed by atoms with Crippen molar-refractivity contribution in [3.05, 3.63) is 93.2 Å². The van der Waals surface area contributed by atoms with Crippen molar-refractivity contribution >= 4 is 23.2 Å². The van der Waals surface area contributed by atoms with Crippen LogP contribution in [0.4, 0.5) is 22.4 Å². The van der Waals surface area contributed by atoms with Crippen LogP contribution >= 0.6 is 11.3 Å². The molecule has 2 unspecified atom stereocenters. The third-order valence-corrected chi connectivity index (χ3v) is 8.27. The van der Waals surface area contributed by atoms with E-state index < -0.39 is 41.5 Å². The highest BCUT2D eigenvalue weighted by atomic mass is 32.1. The molecule has 37 heavy (non-hydrogen) atoms. The van der Waals surface area contributed by atoms with Crippen LogP contribution in [0.2, 0.25) is 0 Å². The van der Waals surface area contributed by atoms with Crippen LogP contribution in [-0.4, -0.2) is 48.6 Å². The third kappa shape index (κ3) is 5.40. The fourth-order valence-corrected chi connectivity index (χ4v) is 6.13. The number of nitrogens with zero attached hydrogens (tertiary/aromatic N) is 1. The molecule has 3 fully saturated rings. The fraction of sp³-hybridized carbons (Fsp3) is 0.333. The number of Topliss-reactive ketones (excluding diaryl/α,β-unsaturated/α-hetero) is 1. The van der Waals surface area contributed by atoms with E-state index in [4.69, 9.17) is 4.74 Å². The molecule has 0 radical (unpaired) electrons. The zero-order valence-corrected chi connectivity index (χ0v) is 20.6. The Morgan fingerprint density at radius 3 is 2.38 bits per heavy atom. The molecule has 0 spiro atoms. The van der Waals surface area contributed by atoms with E-state index in [0.29, 0.717) is 22.4 Å². The number of hydrogen-bond acceptors (Lipinski definition) is 4. The second-order valence-electron chi connectivity index (χ2n) is 9.74. The Bertz CT molecular complexity index is 1290. The maximum Gasteiger partial charge on any atom is 0.408 e. The van der Waals surface area contributed by atoms with Crippen molar-refractivity contribution in [1.29, 1.82) is 0 Å². The Morgan fingerprint density at radius 2 is 1.73 bits per heavy atom. The summed E-state index contributed by atoms with van der Waals surface area (Å²) in [7, 11) is 0. The number of halogens is 4. The van der Waals surface area contributed by atoms with Gasteiger partial charge in [0.05, 0.1) is 24.0 Å². The van der Waals surface area contributed by atoms with Gasteiger partial charge < -0.3 is 14.5 Å². The van der Waals surface area contributed by atoms with Gasteiger partial charge in [-0.05, 0) is 46.8 Å². The second kappa shape index (κ2) is 10.3. The highest BCUT2D eigenvalue weighted by Gasteiger charge is 2.48. The number of amides is 1. The number of rotatable bonds is 7. The van der Waals surface area contributed by atoms with Crippen LogP contribution in [0.5, 0.6) is 0 Å². The van der Waals surface area contributed by atoms with Crippen LogP contribution in [0.25, 0.3) is 0 Å². The molecule has 3 aromatic rings. The number of thiophene rings is 1. The summed E-state index contributed by atoms with van der Waals surface area (Å²) in [6.07, 6.45) is 0.309. The maximum absolute atomic E-state index is 14.0. The van der Waals surface area contributed by atoms with E-state index in [0.717, 1.165) is 44.1 Å². The molecule has 2 bridgehead atoms. The predicted octanol–water partition coefficient (Wildman–Crippen LogP) is 5.61. The minimum absolute atomic E-state index is 0.0603. The first-order chi connectivity index (χ1) is 17.7. The molecule has 194 valence electrons. The average Bonchev–Trinajstić information content (AvgIpc) is 3.41. The Balaban J connectivity index is 1.33. The average molecular weight is 534 g/mol. The molecule has 10 heteroatoms. The topological polar surface area (TPSA) is 55.4 Å². The molecule has 3 saturated heterocycles. The molecule has 3 aliphatic rings. The second-order valence-corrected chi connectivity index (χ2v) is 10.7. The molecule has 2 aromatic carbocycles. The monoisotopic (exact) mass is 533 g/mol. The lowest BCUT2D eigenvalue weighted by molar-refractivity contribution is -0.938. The predicted molar refractivity (Wildman–Crippen MR) is 129 cm³/mol. The molecule has 6 rings (SSSR count). The number of ether oxygens (including phenoxy) is 1. The van der Waals surface area contributed by atoms with Crippen LogP contribution in [0.15, 0.2) is 53.9 Å². The largest absolute Gasteiger partial charge is 0.440 e. The summed E-state index contributed by atoms with van der Waals surface area (Å²) >= 11 is 1.40. The highest BCUT2D eigenvalue weighted by molar-refractivity contribution is 7.12. The Labute approximate surface area is 215 Å². The van der Waals surface area contributed by atoms with Crippen molar-refractivity contribution in [3.8, 4) is 0 Å². The van der Waals surface area contributed by atoms with Gasteiger partial charge >= 0.3 is 6.09 Å². The molecule has 1 amide bonds. The van der Waals surface area contributed by atoms with Gasteiger partial charge in [-0.2, -0.15) is 0 Å². The van der Waals surface area contributed by atoms with Crippen molar-refractivity contribution in [3.63, 3.8) is 0 Å². The summed E-state index contributed by atoms with van der Waals surface area (Å²) < 4.78 is 61.8. The Kier molecular flexibility index (Phi) is 7.04. The van der Waals surface area contributed by atoms with Crippen molar-refractivity contribution in [1.82, 2.24) is 5.32 Å². The number of piperidine rings is 3. The van der Waals surface area contributed by atoms with Gasteiger partial charge in [0.15, 0.2) is 23.6 Å². The maximum atomic E-state index is 14.0. The number of carbonyl (C=O) groups is 2. The lowest BCUT2D eigenvalue weighted by Gasteiger charge is -2.51. The zero-order valence-electron chi connectivity index (χ0n) is 19.8. The first-order valence-electron chi connectivity index (χ1n) is 12.0. The van der Waals surface area contributed by atoms with E-state index in [-0.39, 0.29) is 22.8 Å². The fourth-order valence-electron chi connectivity index (χ4n) is 5.47. The number of carbonyl (C=O) groups excluding carboxylic acids is 2. The van der Waals surface area contributed by atoms with Crippen LogP contribution in [0, 0.1) is 29.2 Å². The number of fused-ring (bicyclic) bond motifs is 3. The summed E-state index contributed by atoms with van der Waals surface area (Å²) in [6.45, 7) is 2.46. The highest BCUT2D eigenvalue weighted by Crippen LogP contribution is 2.36. The van der Waals surface area contributed by atoms with Crippen molar-refractivity contribution in [2.45, 2.75) is 25.0 Å². The minimum Gasteiger partial charge on any atom is -0.440 e. The first kappa shape index (κ1) is 25.4. The van der Waals surface area contributed by atoms with Crippen LogP contribution in [0.3, 0.4) is 0 Å². The Hall–Kier alpha value is -3.24. The molecule has 0 aliphatic carbocycles. The van der Waals surface area contributed by atoms with Crippen LogP contribution < -0.4 is 5.32 Å². The lowest BCUT2D eigenvalue weighted by atomic mass is 9.83. The number of ketones is 1. The van der Waals surface area contributed by atoms with Gasteiger partial charge in [0.1, 0.15) is 18.9 Å². The van der Waals surface area contributed by atoms with E-state index in [1.807, 2.05) is 11.4 Å². The van der Waals surface area contributed by atoms with Gasteiger partial charge in [0.25, 0.3) is 0 Å². The summed E-state index contributed by atoms with van der Waals surface area (Å²) in [5.41, 5.74) is 0.110. The smallest absolute Gasteiger partial charge is 0.408 e. The van der Waals surface area contributed by atoms with E-state index in [1.165, 1.54) is 29.5 Å². The molecule has 3 aliphatic heterocycles. The SMILES string of the molecule is O=C(NC(c1cccc(F)c1)c1cc(F)c(F)c(F)c1)OC1C[N+]2(CC(=O)c3cccs3)CCC1CC2. The van der Waals surface area contributed by atoms with E-state index in [9.17, 15) is 27.2 Å². The summed E-state index contributed by atoms with van der Waals surface area (Å²) in [5, 5.41) is 4.44. The number of nitrogens with one attached hydrogen (secondary N) is 1. The molecule has 4 heterocycles. The van der Waals surface area contributed by atoms with Gasteiger partial charge in [-0.25, -0.2) is 22.4 Å². The minimum atomic E-state index is -1.64. The standard InChI is InChI=1S/C27H24F4N2O3S/c28-19-4-1-3-17(11-19)26(18-12-20(29)25(31)21(30)13-18)32-27(35)36-23-15-33(8-6-16(23)7-9-33)14-22(34)24-5-2-10-37-24/h1-5,10-13,16,23,26H,6-9,14-15H2/p+1. The summed E-state index contributed by atoms with van der Waals surface area (Å²) in [4.78, 5) is 26.5. The van der Waals surface area contributed by atoms with E-state index >= 15 is 0 Å². The third-order valence-electron chi connectivity index (χ3n) is 7.36. The molecule has 2 atom stereocenters. The number of benzene rings is 2. The first-order valence-corrected chi connectivity index (χ1v) is 12.9. The number of hydrogen-bond donors (Lipinski definition) is 1. The van der Waals surface area contributed by atoms with Gasteiger partial charge in [-0.15, -0.1) is 11.3 Å². The molecule has 5 nitrogen and oxygen atoms in total. The van der Waals surface area contributed by atoms with Crippen LogP contribution in [-0.2, 0) is 4.74 Å². The van der Waals surface area contributed by atoms with E-state index in [2.05, 4.69) is 5.32 Å².